The van der Waals surface area contributed by atoms with E-state index in [1.165, 1.54) is 6.92 Å². The Kier molecular flexibility index (Phi) is 5.52. The van der Waals surface area contributed by atoms with E-state index in [9.17, 15) is 18.3 Å². The molecule has 5 nitrogen and oxygen atoms in total. The fourth-order valence-electron chi connectivity index (χ4n) is 3.70. The maximum atomic E-state index is 13.0. The van der Waals surface area contributed by atoms with Crippen LogP contribution in [0.15, 0.2) is 12.1 Å². The lowest BCUT2D eigenvalue weighted by molar-refractivity contribution is -0.137. The number of alkyl halides is 3. The van der Waals surface area contributed by atoms with Crippen molar-refractivity contribution in [2.45, 2.75) is 45.8 Å². The highest BCUT2D eigenvalue weighted by Gasteiger charge is 2.32. The first-order valence-electron chi connectivity index (χ1n) is 9.28. The van der Waals surface area contributed by atoms with Gasteiger partial charge in [0.05, 0.1) is 5.56 Å². The summed E-state index contributed by atoms with van der Waals surface area (Å²) in [6.45, 7) is 7.27. The molecule has 0 saturated carbocycles. The van der Waals surface area contributed by atoms with Crippen LogP contribution in [0.25, 0.3) is 11.3 Å². The van der Waals surface area contributed by atoms with Crippen LogP contribution >= 0.6 is 0 Å². The van der Waals surface area contributed by atoms with Gasteiger partial charge in [-0.15, -0.1) is 10.2 Å². The minimum absolute atomic E-state index is 0.276. The van der Waals surface area contributed by atoms with E-state index in [-0.39, 0.29) is 11.6 Å². The van der Waals surface area contributed by atoms with Crippen molar-refractivity contribution in [3.8, 4) is 17.0 Å². The Hall–Kier alpha value is -2.35. The first kappa shape index (κ1) is 20.4. The lowest BCUT2D eigenvalue weighted by atomic mass is 9.96. The Morgan fingerprint density at radius 3 is 2.46 bits per heavy atom. The zero-order valence-electron chi connectivity index (χ0n) is 16.5. The quantitative estimate of drug-likeness (QED) is 0.813. The summed E-state index contributed by atoms with van der Waals surface area (Å²) in [6, 6.07) is 2.04. The van der Waals surface area contributed by atoms with Gasteiger partial charge in [-0.3, -0.25) is 0 Å². The molecular formula is C20H25F3N4O. The first-order valence-corrected chi connectivity index (χ1v) is 9.28. The van der Waals surface area contributed by atoms with Crippen molar-refractivity contribution < 1.29 is 18.3 Å². The normalized spacial score (nSPS) is 18.3. The van der Waals surface area contributed by atoms with Crippen molar-refractivity contribution in [1.29, 1.82) is 0 Å². The molecular weight excluding hydrogens is 369 g/mol. The van der Waals surface area contributed by atoms with Crippen molar-refractivity contribution in [2.75, 3.05) is 25.5 Å². The number of phenols is 1. The SMILES string of the molecule is Cc1cc(C(F)(F)F)cc(O)c1-c1nnc(N[C@H]2CCCN(C)C2)c(C)c1C. The molecule has 0 spiro atoms. The van der Waals surface area contributed by atoms with Gasteiger partial charge in [0.15, 0.2) is 5.82 Å². The largest absolute Gasteiger partial charge is 0.507 e. The van der Waals surface area contributed by atoms with Crippen LogP contribution in [0.3, 0.4) is 0 Å². The molecule has 1 atom stereocenters. The second-order valence-corrected chi connectivity index (χ2v) is 7.58. The van der Waals surface area contributed by atoms with E-state index in [1.54, 1.807) is 0 Å². The molecule has 2 aromatic rings. The van der Waals surface area contributed by atoms with Gasteiger partial charge in [-0.05, 0) is 76.0 Å². The van der Waals surface area contributed by atoms with E-state index in [2.05, 4.69) is 27.5 Å². The molecule has 8 heteroatoms. The number of nitrogens with zero attached hydrogens (tertiary/aromatic N) is 3. The number of nitrogens with one attached hydrogen (secondary N) is 1. The van der Waals surface area contributed by atoms with Crippen molar-refractivity contribution in [3.63, 3.8) is 0 Å². The lowest BCUT2D eigenvalue weighted by Gasteiger charge is -2.31. The molecule has 1 aliphatic rings. The van der Waals surface area contributed by atoms with Crippen molar-refractivity contribution >= 4 is 5.82 Å². The molecule has 2 heterocycles. The number of rotatable bonds is 3. The predicted octanol–water partition coefficient (Wildman–Crippen LogP) is 4.30. The average molecular weight is 394 g/mol. The smallest absolute Gasteiger partial charge is 0.416 e. The third kappa shape index (κ3) is 4.06. The Bertz CT molecular complexity index is 859. The second kappa shape index (κ2) is 7.58. The summed E-state index contributed by atoms with van der Waals surface area (Å²) >= 11 is 0. The van der Waals surface area contributed by atoms with Gasteiger partial charge in [0.25, 0.3) is 0 Å². The molecule has 1 aliphatic heterocycles. The number of aromatic hydroxyl groups is 1. The number of hydrogen-bond donors (Lipinski definition) is 2. The molecule has 0 unspecified atom stereocenters. The highest BCUT2D eigenvalue weighted by molar-refractivity contribution is 5.75. The van der Waals surface area contributed by atoms with Crippen molar-refractivity contribution in [3.05, 3.63) is 34.4 Å². The minimum Gasteiger partial charge on any atom is -0.507 e. The van der Waals surface area contributed by atoms with Crippen LogP contribution < -0.4 is 5.32 Å². The van der Waals surface area contributed by atoms with Gasteiger partial charge >= 0.3 is 6.18 Å². The number of benzene rings is 1. The highest BCUT2D eigenvalue weighted by atomic mass is 19.4. The van der Waals surface area contributed by atoms with Gasteiger partial charge in [-0.1, -0.05) is 0 Å². The second-order valence-electron chi connectivity index (χ2n) is 7.58. The number of likely N-dealkylation sites (N-methyl/N-ethyl adjacent to an activating group) is 1. The number of anilines is 1. The van der Waals surface area contributed by atoms with E-state index >= 15 is 0 Å². The molecule has 0 amide bonds. The molecule has 3 rings (SSSR count). The molecule has 1 aromatic carbocycles. The van der Waals surface area contributed by atoms with Crippen LogP contribution in [-0.4, -0.2) is 46.4 Å². The number of phenolic OH excluding ortho intramolecular Hbond substituents is 1. The average Bonchev–Trinajstić information content (AvgIpc) is 2.59. The topological polar surface area (TPSA) is 61.3 Å². The van der Waals surface area contributed by atoms with Crippen LogP contribution in [0.4, 0.5) is 19.0 Å². The zero-order chi connectivity index (χ0) is 20.6. The van der Waals surface area contributed by atoms with Crippen molar-refractivity contribution in [2.24, 2.45) is 0 Å². The van der Waals surface area contributed by atoms with Gasteiger partial charge in [-0.25, -0.2) is 0 Å². The van der Waals surface area contributed by atoms with Crippen LogP contribution in [0.5, 0.6) is 5.75 Å². The van der Waals surface area contributed by atoms with Gasteiger partial charge in [-0.2, -0.15) is 13.2 Å². The molecule has 1 fully saturated rings. The third-order valence-electron chi connectivity index (χ3n) is 5.37. The van der Waals surface area contributed by atoms with Gasteiger partial charge in [0.2, 0.25) is 0 Å². The molecule has 0 aliphatic carbocycles. The molecule has 0 bridgehead atoms. The van der Waals surface area contributed by atoms with Gasteiger partial charge in [0, 0.05) is 18.2 Å². The molecule has 1 saturated heterocycles. The van der Waals surface area contributed by atoms with Gasteiger partial charge in [0.1, 0.15) is 11.4 Å². The number of hydrogen-bond acceptors (Lipinski definition) is 5. The van der Waals surface area contributed by atoms with Gasteiger partial charge < -0.3 is 15.3 Å². The number of aromatic nitrogens is 2. The summed E-state index contributed by atoms with van der Waals surface area (Å²) in [7, 11) is 2.08. The van der Waals surface area contributed by atoms with Crippen LogP contribution in [-0.2, 0) is 6.18 Å². The van der Waals surface area contributed by atoms with Crippen LogP contribution in [0, 0.1) is 20.8 Å². The number of likely N-dealkylation sites (tertiary alicyclic amines) is 1. The maximum absolute atomic E-state index is 13.0. The third-order valence-corrected chi connectivity index (χ3v) is 5.37. The molecule has 28 heavy (non-hydrogen) atoms. The number of aryl methyl sites for hydroxylation is 1. The van der Waals surface area contributed by atoms with Crippen molar-refractivity contribution in [1.82, 2.24) is 15.1 Å². The Balaban J connectivity index is 1.95. The summed E-state index contributed by atoms with van der Waals surface area (Å²) in [5.41, 5.74) is 1.75. The maximum Gasteiger partial charge on any atom is 0.416 e. The predicted molar refractivity (Wildman–Crippen MR) is 102 cm³/mol. The Labute approximate surface area is 162 Å². The summed E-state index contributed by atoms with van der Waals surface area (Å²) in [5.74, 6) is 0.226. The minimum atomic E-state index is -4.52. The van der Waals surface area contributed by atoms with Crippen LogP contribution in [0.2, 0.25) is 0 Å². The number of piperidine rings is 1. The summed E-state index contributed by atoms with van der Waals surface area (Å²) < 4.78 is 38.9. The summed E-state index contributed by atoms with van der Waals surface area (Å²) in [4.78, 5) is 2.26. The van der Waals surface area contributed by atoms with E-state index in [4.69, 9.17) is 0 Å². The summed E-state index contributed by atoms with van der Waals surface area (Å²) in [6.07, 6.45) is -2.36. The standard InChI is InChI=1S/C20H25F3N4O/c1-11-8-14(20(21,22)23)9-16(28)17(11)18-12(2)13(3)19(26-25-18)24-15-6-5-7-27(4)10-15/h8-9,15,28H,5-7,10H2,1-4H3,(H,24,26)/t15-/m0/s1. The molecule has 2 N–H and O–H groups in total. The Morgan fingerprint density at radius 2 is 1.86 bits per heavy atom. The Morgan fingerprint density at radius 1 is 1.14 bits per heavy atom. The van der Waals surface area contributed by atoms with E-state index in [0.29, 0.717) is 17.1 Å². The zero-order valence-corrected chi connectivity index (χ0v) is 16.5. The molecule has 1 aromatic heterocycles. The highest BCUT2D eigenvalue weighted by Crippen LogP contribution is 2.40. The fourth-order valence-corrected chi connectivity index (χ4v) is 3.70. The molecule has 152 valence electrons. The first-order chi connectivity index (χ1) is 13.1. The molecule has 0 radical (unpaired) electrons. The lowest BCUT2D eigenvalue weighted by Crippen LogP contribution is -2.40. The monoisotopic (exact) mass is 394 g/mol. The number of halogens is 3. The fraction of sp³-hybridized carbons (Fsp3) is 0.500. The van der Waals surface area contributed by atoms with E-state index in [0.717, 1.165) is 49.2 Å². The van der Waals surface area contributed by atoms with Crippen LogP contribution in [0.1, 0.15) is 35.1 Å². The van der Waals surface area contributed by atoms with E-state index in [1.807, 2.05) is 13.8 Å². The summed E-state index contributed by atoms with van der Waals surface area (Å²) in [5, 5.41) is 22.2. The van der Waals surface area contributed by atoms with E-state index < -0.39 is 17.5 Å².